The molecule has 1 aromatic rings. The molecule has 1 aliphatic rings. The van der Waals surface area contributed by atoms with E-state index in [1.54, 1.807) is 36.2 Å². The molecule has 2 atom stereocenters. The molecular formula is C14H21N3O2. The average Bonchev–Trinajstić information content (AvgIpc) is 2.79. The van der Waals surface area contributed by atoms with E-state index >= 15 is 0 Å². The Balaban J connectivity index is 2.09. The van der Waals surface area contributed by atoms with Crippen LogP contribution in [0.5, 0.6) is 0 Å². The Morgan fingerprint density at radius 1 is 1.42 bits per heavy atom. The largest absolute Gasteiger partial charge is 0.399 e. The van der Waals surface area contributed by atoms with Gasteiger partial charge in [-0.2, -0.15) is 0 Å². The highest BCUT2D eigenvalue weighted by molar-refractivity contribution is 5.94. The topological polar surface area (TPSA) is 69.8 Å². The van der Waals surface area contributed by atoms with Crippen molar-refractivity contribution in [2.45, 2.75) is 19.1 Å². The maximum atomic E-state index is 12.3. The van der Waals surface area contributed by atoms with Gasteiger partial charge < -0.3 is 15.7 Å². The van der Waals surface area contributed by atoms with Crippen molar-refractivity contribution in [3.05, 3.63) is 29.8 Å². The number of hydrogen-bond acceptors (Lipinski definition) is 4. The van der Waals surface area contributed by atoms with Gasteiger partial charge in [0.15, 0.2) is 0 Å². The van der Waals surface area contributed by atoms with E-state index in [4.69, 9.17) is 5.73 Å². The minimum atomic E-state index is -0.484. The van der Waals surface area contributed by atoms with Gasteiger partial charge in [0, 0.05) is 31.4 Å². The zero-order valence-electron chi connectivity index (χ0n) is 11.4. The van der Waals surface area contributed by atoms with E-state index in [1.807, 2.05) is 0 Å². The number of nitrogens with zero attached hydrogens (tertiary/aromatic N) is 2. The molecule has 0 aromatic heterocycles. The Hall–Kier alpha value is -1.59. The summed E-state index contributed by atoms with van der Waals surface area (Å²) in [4.78, 5) is 16.1. The third kappa shape index (κ3) is 2.88. The highest BCUT2D eigenvalue weighted by atomic mass is 16.3. The number of benzene rings is 1. The summed E-state index contributed by atoms with van der Waals surface area (Å²) in [7, 11) is 1.74. The Labute approximate surface area is 113 Å². The van der Waals surface area contributed by atoms with Gasteiger partial charge in [0.2, 0.25) is 0 Å². The van der Waals surface area contributed by atoms with Crippen LogP contribution in [0.3, 0.4) is 0 Å². The summed E-state index contributed by atoms with van der Waals surface area (Å²) in [5.74, 6) is -0.0815. The fourth-order valence-corrected chi connectivity index (χ4v) is 2.47. The van der Waals surface area contributed by atoms with Crippen molar-refractivity contribution in [2.24, 2.45) is 0 Å². The van der Waals surface area contributed by atoms with Crippen molar-refractivity contribution in [3.63, 3.8) is 0 Å². The van der Waals surface area contributed by atoms with Gasteiger partial charge in [0.1, 0.15) is 0 Å². The minimum Gasteiger partial charge on any atom is -0.399 e. The Morgan fingerprint density at radius 2 is 2.05 bits per heavy atom. The average molecular weight is 263 g/mol. The number of β-amino-alcohol motifs (C(OH)–C–C–N with tert-alkyl or cyclic N) is 1. The van der Waals surface area contributed by atoms with Gasteiger partial charge in [0.25, 0.3) is 5.91 Å². The number of carbonyl (C=O) groups is 1. The Morgan fingerprint density at radius 3 is 2.58 bits per heavy atom. The SMILES string of the molecule is CCN1C[C@@H](O)[C@H](N(C)C(=O)c2ccc(N)cc2)C1. The Kier molecular flexibility index (Phi) is 4.07. The maximum absolute atomic E-state index is 12.3. The van der Waals surface area contributed by atoms with Gasteiger partial charge in [-0.05, 0) is 30.8 Å². The summed E-state index contributed by atoms with van der Waals surface area (Å²) in [5, 5.41) is 10.0. The summed E-state index contributed by atoms with van der Waals surface area (Å²) in [5.41, 5.74) is 6.84. The van der Waals surface area contributed by atoms with E-state index in [1.165, 1.54) is 0 Å². The van der Waals surface area contributed by atoms with E-state index < -0.39 is 6.10 Å². The highest BCUT2D eigenvalue weighted by Gasteiger charge is 2.35. The molecule has 1 heterocycles. The van der Waals surface area contributed by atoms with Gasteiger partial charge in [0.05, 0.1) is 12.1 Å². The number of likely N-dealkylation sites (N-methyl/N-ethyl adjacent to an activating group) is 2. The molecule has 104 valence electrons. The molecular weight excluding hydrogens is 242 g/mol. The summed E-state index contributed by atoms with van der Waals surface area (Å²) in [6.45, 7) is 4.28. The minimum absolute atomic E-state index is 0.0815. The molecule has 1 amide bonds. The van der Waals surface area contributed by atoms with Gasteiger partial charge in [-0.3, -0.25) is 9.69 Å². The molecule has 0 bridgehead atoms. The number of nitrogens with two attached hydrogens (primary N) is 1. The zero-order chi connectivity index (χ0) is 14.0. The molecule has 2 rings (SSSR count). The number of aliphatic hydroxyl groups excluding tert-OH is 1. The van der Waals surface area contributed by atoms with Crippen LogP contribution in [-0.2, 0) is 0 Å². The number of amides is 1. The number of anilines is 1. The predicted molar refractivity (Wildman–Crippen MR) is 74.9 cm³/mol. The molecule has 1 aromatic carbocycles. The number of likely N-dealkylation sites (tertiary alicyclic amines) is 1. The molecule has 0 spiro atoms. The molecule has 1 fully saturated rings. The van der Waals surface area contributed by atoms with Crippen LogP contribution in [0.4, 0.5) is 5.69 Å². The second-order valence-electron chi connectivity index (χ2n) is 5.02. The fourth-order valence-electron chi connectivity index (χ4n) is 2.47. The number of rotatable bonds is 3. The van der Waals surface area contributed by atoms with Crippen LogP contribution >= 0.6 is 0 Å². The van der Waals surface area contributed by atoms with Gasteiger partial charge in [-0.15, -0.1) is 0 Å². The fraction of sp³-hybridized carbons (Fsp3) is 0.500. The lowest BCUT2D eigenvalue weighted by atomic mass is 10.1. The van der Waals surface area contributed by atoms with Gasteiger partial charge in [-0.1, -0.05) is 6.92 Å². The number of aliphatic hydroxyl groups is 1. The van der Waals surface area contributed by atoms with Crippen molar-refractivity contribution in [2.75, 3.05) is 32.4 Å². The summed E-state index contributed by atoms with van der Waals surface area (Å²) in [6, 6.07) is 6.71. The van der Waals surface area contributed by atoms with Crippen molar-refractivity contribution in [1.82, 2.24) is 9.80 Å². The van der Waals surface area contributed by atoms with Gasteiger partial charge in [-0.25, -0.2) is 0 Å². The normalized spacial score (nSPS) is 23.5. The Bertz CT molecular complexity index is 447. The second-order valence-corrected chi connectivity index (χ2v) is 5.02. The summed E-state index contributed by atoms with van der Waals surface area (Å²) in [6.07, 6.45) is -0.484. The van der Waals surface area contributed by atoms with Crippen molar-refractivity contribution < 1.29 is 9.90 Å². The monoisotopic (exact) mass is 263 g/mol. The van der Waals surface area contributed by atoms with Crippen molar-refractivity contribution in [3.8, 4) is 0 Å². The van der Waals surface area contributed by atoms with E-state index in [0.29, 0.717) is 17.8 Å². The van der Waals surface area contributed by atoms with Crippen LogP contribution in [0.2, 0.25) is 0 Å². The van der Waals surface area contributed by atoms with E-state index in [-0.39, 0.29) is 11.9 Å². The van der Waals surface area contributed by atoms with E-state index in [2.05, 4.69) is 11.8 Å². The van der Waals surface area contributed by atoms with Crippen LogP contribution in [0, 0.1) is 0 Å². The van der Waals surface area contributed by atoms with E-state index in [9.17, 15) is 9.90 Å². The lowest BCUT2D eigenvalue weighted by molar-refractivity contribution is 0.0581. The van der Waals surface area contributed by atoms with Crippen molar-refractivity contribution in [1.29, 1.82) is 0 Å². The first kappa shape index (κ1) is 13.8. The smallest absolute Gasteiger partial charge is 0.253 e. The van der Waals surface area contributed by atoms with Crippen LogP contribution in [0.1, 0.15) is 17.3 Å². The van der Waals surface area contributed by atoms with Crippen LogP contribution < -0.4 is 5.73 Å². The molecule has 0 unspecified atom stereocenters. The molecule has 0 saturated carbocycles. The van der Waals surface area contributed by atoms with Gasteiger partial charge >= 0.3 is 0 Å². The molecule has 0 aliphatic carbocycles. The summed E-state index contributed by atoms with van der Waals surface area (Å²) < 4.78 is 0. The first-order valence-corrected chi connectivity index (χ1v) is 6.56. The zero-order valence-corrected chi connectivity index (χ0v) is 11.4. The third-order valence-electron chi connectivity index (χ3n) is 3.76. The highest BCUT2D eigenvalue weighted by Crippen LogP contribution is 2.17. The molecule has 1 saturated heterocycles. The van der Waals surface area contributed by atoms with E-state index in [0.717, 1.165) is 13.1 Å². The molecule has 5 heteroatoms. The van der Waals surface area contributed by atoms with Crippen molar-refractivity contribution >= 4 is 11.6 Å². The molecule has 5 nitrogen and oxygen atoms in total. The molecule has 0 radical (unpaired) electrons. The predicted octanol–water partition coefficient (Wildman–Crippen LogP) is 0.406. The lowest BCUT2D eigenvalue weighted by Gasteiger charge is -2.26. The number of hydrogen-bond donors (Lipinski definition) is 2. The molecule has 3 N–H and O–H groups in total. The van der Waals surface area contributed by atoms with Crippen LogP contribution in [-0.4, -0.2) is 59.6 Å². The molecule has 19 heavy (non-hydrogen) atoms. The summed E-state index contributed by atoms with van der Waals surface area (Å²) >= 11 is 0. The van der Waals surface area contributed by atoms with Crippen LogP contribution in [0.15, 0.2) is 24.3 Å². The third-order valence-corrected chi connectivity index (χ3v) is 3.76. The first-order chi connectivity index (χ1) is 9.02. The lowest BCUT2D eigenvalue weighted by Crippen LogP contribution is -2.44. The quantitative estimate of drug-likeness (QED) is 0.775. The number of nitrogen functional groups attached to an aromatic ring is 1. The number of carbonyl (C=O) groups excluding carboxylic acids is 1. The van der Waals surface area contributed by atoms with Crippen LogP contribution in [0.25, 0.3) is 0 Å². The molecule has 1 aliphatic heterocycles. The second kappa shape index (κ2) is 5.59. The standard InChI is InChI=1S/C14H21N3O2/c1-3-17-8-12(13(18)9-17)16(2)14(19)10-4-6-11(15)7-5-10/h4-7,12-13,18H,3,8-9,15H2,1-2H3/t12-,13-/m1/s1. The first-order valence-electron chi connectivity index (χ1n) is 6.56. The maximum Gasteiger partial charge on any atom is 0.253 e.